The molecule has 0 aromatic heterocycles. The number of carbonyl (C=O) groups excluding carboxylic acids is 2. The number of carbonyl (C=O) groups is 2. The van der Waals surface area contributed by atoms with Gasteiger partial charge in [0.25, 0.3) is 5.91 Å². The van der Waals surface area contributed by atoms with Crippen molar-refractivity contribution >= 4 is 24.2 Å². The van der Waals surface area contributed by atoms with Crippen molar-refractivity contribution in [3.05, 3.63) is 71.3 Å². The molecule has 0 spiro atoms. The average Bonchev–Trinajstić information content (AvgIpc) is 2.68. The number of piperazine rings is 1. The van der Waals surface area contributed by atoms with Gasteiger partial charge in [-0.3, -0.25) is 9.59 Å². The lowest BCUT2D eigenvalue weighted by Gasteiger charge is -2.36. The Bertz CT molecular complexity index is 817. The van der Waals surface area contributed by atoms with E-state index in [9.17, 15) is 18.4 Å². The quantitative estimate of drug-likeness (QED) is 0.798. The molecule has 1 aliphatic heterocycles. The molecule has 0 bridgehead atoms. The Morgan fingerprint density at radius 2 is 1.86 bits per heavy atom. The van der Waals surface area contributed by atoms with E-state index in [1.54, 1.807) is 17.0 Å². The number of rotatable bonds is 5. The van der Waals surface area contributed by atoms with Crippen LogP contribution in [0.1, 0.15) is 28.4 Å². The summed E-state index contributed by atoms with van der Waals surface area (Å²) in [5.74, 6) is -1.21. The first-order chi connectivity index (χ1) is 13.0. The van der Waals surface area contributed by atoms with Crippen molar-refractivity contribution < 1.29 is 18.4 Å². The fraction of sp³-hybridized carbons (Fsp3) is 0.300. The van der Waals surface area contributed by atoms with E-state index in [4.69, 9.17) is 0 Å². The normalized spacial score (nSPS) is 16.2. The maximum Gasteiger partial charge on any atom is 0.251 e. The number of amides is 2. The summed E-state index contributed by atoms with van der Waals surface area (Å²) in [6.45, 7) is 1.91. The SMILES string of the molecule is Cl.O=C(NCCC(=O)N1CCNCC1c1cccc(F)c1)c1ccc(F)cc1. The molecular formula is C20H22ClF2N3O2. The molecule has 1 heterocycles. The Morgan fingerprint density at radius 3 is 2.57 bits per heavy atom. The lowest BCUT2D eigenvalue weighted by Crippen LogP contribution is -2.49. The van der Waals surface area contributed by atoms with Crippen molar-refractivity contribution in [1.29, 1.82) is 0 Å². The smallest absolute Gasteiger partial charge is 0.251 e. The molecule has 150 valence electrons. The fourth-order valence-corrected chi connectivity index (χ4v) is 3.14. The van der Waals surface area contributed by atoms with Gasteiger partial charge in [-0.05, 0) is 42.0 Å². The van der Waals surface area contributed by atoms with Crippen LogP contribution in [0.4, 0.5) is 8.78 Å². The molecule has 2 aromatic rings. The van der Waals surface area contributed by atoms with Crippen LogP contribution >= 0.6 is 12.4 Å². The Balaban J connectivity index is 0.00000280. The first-order valence-corrected chi connectivity index (χ1v) is 8.84. The molecule has 0 aliphatic carbocycles. The van der Waals surface area contributed by atoms with Gasteiger partial charge in [0.1, 0.15) is 11.6 Å². The van der Waals surface area contributed by atoms with Gasteiger partial charge in [-0.1, -0.05) is 12.1 Å². The summed E-state index contributed by atoms with van der Waals surface area (Å²) in [6, 6.07) is 11.2. The van der Waals surface area contributed by atoms with Crippen LogP contribution in [0, 0.1) is 11.6 Å². The summed E-state index contributed by atoms with van der Waals surface area (Å²) in [7, 11) is 0. The van der Waals surface area contributed by atoms with Gasteiger partial charge in [0.05, 0.1) is 6.04 Å². The maximum atomic E-state index is 13.5. The van der Waals surface area contributed by atoms with Crippen molar-refractivity contribution in [2.45, 2.75) is 12.5 Å². The third-order valence-electron chi connectivity index (χ3n) is 4.53. The van der Waals surface area contributed by atoms with Gasteiger partial charge in [0.15, 0.2) is 0 Å². The van der Waals surface area contributed by atoms with Crippen LogP contribution in [0.25, 0.3) is 0 Å². The first-order valence-electron chi connectivity index (χ1n) is 8.84. The van der Waals surface area contributed by atoms with Crippen molar-refractivity contribution in [2.24, 2.45) is 0 Å². The number of hydrogen-bond acceptors (Lipinski definition) is 3. The zero-order valence-electron chi connectivity index (χ0n) is 15.2. The molecule has 2 aromatic carbocycles. The van der Waals surface area contributed by atoms with Gasteiger partial charge in [-0.15, -0.1) is 12.4 Å². The van der Waals surface area contributed by atoms with E-state index in [-0.39, 0.29) is 49.0 Å². The number of hydrogen-bond donors (Lipinski definition) is 2. The predicted molar refractivity (Wildman–Crippen MR) is 104 cm³/mol. The second kappa shape index (κ2) is 10.1. The summed E-state index contributed by atoms with van der Waals surface area (Å²) >= 11 is 0. The van der Waals surface area contributed by atoms with Crippen LogP contribution in [-0.2, 0) is 4.79 Å². The second-order valence-corrected chi connectivity index (χ2v) is 6.37. The molecule has 28 heavy (non-hydrogen) atoms. The summed E-state index contributed by atoms with van der Waals surface area (Å²) in [5.41, 5.74) is 1.08. The Labute approximate surface area is 168 Å². The predicted octanol–water partition coefficient (Wildman–Crippen LogP) is 2.68. The molecule has 0 saturated carbocycles. The maximum absolute atomic E-state index is 13.5. The van der Waals surface area contributed by atoms with Crippen molar-refractivity contribution in [3.63, 3.8) is 0 Å². The highest BCUT2D eigenvalue weighted by Gasteiger charge is 2.27. The number of halogens is 3. The number of nitrogens with one attached hydrogen (secondary N) is 2. The number of nitrogens with zero attached hydrogens (tertiary/aromatic N) is 1. The van der Waals surface area contributed by atoms with E-state index in [1.807, 2.05) is 0 Å². The molecule has 1 aliphatic rings. The van der Waals surface area contributed by atoms with Gasteiger partial charge in [-0.2, -0.15) is 0 Å². The lowest BCUT2D eigenvalue weighted by molar-refractivity contribution is -0.134. The van der Waals surface area contributed by atoms with Gasteiger partial charge in [0, 0.05) is 38.2 Å². The fourth-order valence-electron chi connectivity index (χ4n) is 3.14. The minimum absolute atomic E-state index is 0. The molecule has 3 rings (SSSR count). The highest BCUT2D eigenvalue weighted by atomic mass is 35.5. The standard InChI is InChI=1S/C20H21F2N3O2.ClH/c21-16-6-4-14(5-7-16)20(27)24-9-8-19(26)25-11-10-23-13-18(25)15-2-1-3-17(22)12-15;/h1-7,12,18,23H,8-11,13H2,(H,24,27);1H. The Kier molecular flexibility index (Phi) is 7.90. The third-order valence-corrected chi connectivity index (χ3v) is 4.53. The number of benzene rings is 2. The molecule has 1 fully saturated rings. The molecule has 8 heteroatoms. The molecule has 2 amide bonds. The van der Waals surface area contributed by atoms with Gasteiger partial charge in [0.2, 0.25) is 5.91 Å². The summed E-state index contributed by atoms with van der Waals surface area (Å²) < 4.78 is 26.4. The van der Waals surface area contributed by atoms with Crippen LogP contribution in [0.15, 0.2) is 48.5 Å². The Hall–Kier alpha value is -2.51. The van der Waals surface area contributed by atoms with Crippen LogP contribution < -0.4 is 10.6 Å². The molecule has 0 radical (unpaired) electrons. The molecule has 2 N–H and O–H groups in total. The van der Waals surface area contributed by atoms with E-state index in [0.29, 0.717) is 25.2 Å². The van der Waals surface area contributed by atoms with Crippen molar-refractivity contribution in [2.75, 3.05) is 26.2 Å². The average molecular weight is 410 g/mol. The van der Waals surface area contributed by atoms with Crippen LogP contribution in [-0.4, -0.2) is 42.9 Å². The molecule has 5 nitrogen and oxygen atoms in total. The van der Waals surface area contributed by atoms with Crippen molar-refractivity contribution in [3.8, 4) is 0 Å². The van der Waals surface area contributed by atoms with E-state index in [1.165, 1.54) is 36.4 Å². The third kappa shape index (κ3) is 5.50. The van der Waals surface area contributed by atoms with Crippen LogP contribution in [0.2, 0.25) is 0 Å². The summed E-state index contributed by atoms with van der Waals surface area (Å²) in [6.07, 6.45) is 0.138. The molecular weight excluding hydrogens is 388 g/mol. The van der Waals surface area contributed by atoms with Gasteiger partial charge in [-0.25, -0.2) is 8.78 Å². The molecule has 1 atom stereocenters. The summed E-state index contributed by atoms with van der Waals surface area (Å²) in [4.78, 5) is 26.4. The zero-order valence-corrected chi connectivity index (χ0v) is 16.0. The van der Waals surface area contributed by atoms with Gasteiger partial charge < -0.3 is 15.5 Å². The summed E-state index contributed by atoms with van der Waals surface area (Å²) in [5, 5.41) is 5.89. The Morgan fingerprint density at radius 1 is 1.11 bits per heavy atom. The topological polar surface area (TPSA) is 61.4 Å². The zero-order chi connectivity index (χ0) is 19.2. The largest absolute Gasteiger partial charge is 0.352 e. The first kappa shape index (κ1) is 21.8. The second-order valence-electron chi connectivity index (χ2n) is 6.37. The van der Waals surface area contributed by atoms with E-state index >= 15 is 0 Å². The van der Waals surface area contributed by atoms with E-state index in [2.05, 4.69) is 10.6 Å². The highest BCUT2D eigenvalue weighted by Crippen LogP contribution is 2.23. The monoisotopic (exact) mass is 409 g/mol. The van der Waals surface area contributed by atoms with E-state index in [0.717, 1.165) is 5.56 Å². The van der Waals surface area contributed by atoms with Gasteiger partial charge >= 0.3 is 0 Å². The lowest BCUT2D eigenvalue weighted by atomic mass is 10.0. The minimum atomic E-state index is -0.413. The van der Waals surface area contributed by atoms with Crippen LogP contribution in [0.3, 0.4) is 0 Å². The van der Waals surface area contributed by atoms with Crippen LogP contribution in [0.5, 0.6) is 0 Å². The highest BCUT2D eigenvalue weighted by molar-refractivity contribution is 5.94. The minimum Gasteiger partial charge on any atom is -0.352 e. The molecule has 1 saturated heterocycles. The van der Waals surface area contributed by atoms with E-state index < -0.39 is 5.82 Å². The molecule has 1 unspecified atom stereocenters. The van der Waals surface area contributed by atoms with Crippen molar-refractivity contribution in [1.82, 2.24) is 15.5 Å².